The molecule has 0 saturated carbocycles. The van der Waals surface area contributed by atoms with Crippen molar-refractivity contribution in [2.45, 2.75) is 29.7 Å². The molecule has 1 aliphatic heterocycles. The Hall–Kier alpha value is -1.18. The zero-order valence-corrected chi connectivity index (χ0v) is 12.5. The minimum Gasteiger partial charge on any atom is -0.399 e. The highest BCUT2D eigenvalue weighted by Crippen LogP contribution is 2.28. The van der Waals surface area contributed by atoms with Crippen molar-refractivity contribution in [2.24, 2.45) is 0 Å². The normalized spacial score (nSPS) is 19.7. The molecule has 1 fully saturated rings. The van der Waals surface area contributed by atoms with Crippen molar-refractivity contribution in [1.82, 2.24) is 4.98 Å². The smallest absolute Gasteiger partial charge is 0.210 e. The average Bonchev–Trinajstić information content (AvgIpc) is 3.05. The van der Waals surface area contributed by atoms with Crippen LogP contribution >= 0.6 is 11.3 Å². The second-order valence-electron chi connectivity index (χ2n) is 4.95. The third-order valence-corrected chi connectivity index (χ3v) is 6.61. The molecule has 2 aromatic rings. The van der Waals surface area contributed by atoms with Gasteiger partial charge in [-0.15, -0.1) is 11.3 Å². The number of aromatic nitrogens is 1. The number of ether oxygens (including phenoxy) is 1. The number of hydrogen-bond donors (Lipinski definition) is 1. The van der Waals surface area contributed by atoms with Crippen molar-refractivity contribution in [3.63, 3.8) is 0 Å². The Morgan fingerprint density at radius 3 is 3.05 bits per heavy atom. The lowest BCUT2D eigenvalue weighted by molar-refractivity contribution is 0.109. The number of benzene rings is 1. The van der Waals surface area contributed by atoms with Crippen LogP contribution in [0.15, 0.2) is 22.5 Å². The third kappa shape index (κ3) is 2.79. The van der Waals surface area contributed by atoms with E-state index in [1.807, 2.05) is 0 Å². The van der Waals surface area contributed by atoms with E-state index in [1.165, 1.54) is 11.3 Å². The summed E-state index contributed by atoms with van der Waals surface area (Å²) in [5, 5.41) is 0. The van der Waals surface area contributed by atoms with Crippen LogP contribution in [0.25, 0.3) is 10.2 Å². The number of nitrogens with two attached hydrogens (primary N) is 1. The van der Waals surface area contributed by atoms with Crippen LogP contribution in [-0.4, -0.2) is 31.9 Å². The summed E-state index contributed by atoms with van der Waals surface area (Å²) in [6, 6.07) is 5.23. The van der Waals surface area contributed by atoms with Gasteiger partial charge < -0.3 is 10.5 Å². The Morgan fingerprint density at radius 1 is 1.45 bits per heavy atom. The van der Waals surface area contributed by atoms with Gasteiger partial charge in [-0.3, -0.25) is 0 Å². The van der Waals surface area contributed by atoms with E-state index >= 15 is 0 Å². The highest BCUT2D eigenvalue weighted by atomic mass is 32.2. The topological polar surface area (TPSA) is 82.3 Å². The first-order valence-corrected chi connectivity index (χ1v) is 9.02. The first kappa shape index (κ1) is 13.8. The predicted octanol–water partition coefficient (Wildman–Crippen LogP) is 2.22. The molecule has 7 heteroatoms. The predicted molar refractivity (Wildman–Crippen MR) is 79.7 cm³/mol. The summed E-state index contributed by atoms with van der Waals surface area (Å²) in [6.07, 6.45) is 2.59. The number of hydrogen-bond acceptors (Lipinski definition) is 6. The Bertz CT molecular complexity index is 718. The highest BCUT2D eigenvalue weighted by Gasteiger charge is 2.23. The van der Waals surface area contributed by atoms with Gasteiger partial charge in [0, 0.05) is 12.3 Å². The molecular weight excluding hydrogens is 296 g/mol. The molecular formula is C13H16N2O3S2. The summed E-state index contributed by atoms with van der Waals surface area (Å²) in [5.41, 5.74) is 6.99. The van der Waals surface area contributed by atoms with Crippen molar-refractivity contribution < 1.29 is 13.2 Å². The van der Waals surface area contributed by atoms with Gasteiger partial charge in [0.15, 0.2) is 0 Å². The molecule has 5 nitrogen and oxygen atoms in total. The van der Waals surface area contributed by atoms with E-state index < -0.39 is 9.84 Å². The number of thiazole rings is 1. The van der Waals surface area contributed by atoms with E-state index in [4.69, 9.17) is 10.5 Å². The molecule has 0 bridgehead atoms. The number of rotatable bonds is 4. The Labute approximate surface area is 121 Å². The molecule has 3 rings (SSSR count). The number of sulfone groups is 1. The first-order valence-electron chi connectivity index (χ1n) is 6.55. The second kappa shape index (κ2) is 5.31. The minimum absolute atomic E-state index is 0.0785. The van der Waals surface area contributed by atoms with Crippen molar-refractivity contribution in [3.05, 3.63) is 18.2 Å². The maximum Gasteiger partial charge on any atom is 0.210 e. The lowest BCUT2D eigenvalue weighted by Gasteiger charge is -2.07. The van der Waals surface area contributed by atoms with Crippen LogP contribution in [-0.2, 0) is 14.6 Å². The Kier molecular flexibility index (Phi) is 3.66. The van der Waals surface area contributed by atoms with E-state index in [0.29, 0.717) is 17.6 Å². The van der Waals surface area contributed by atoms with Gasteiger partial charge in [-0.05, 0) is 37.5 Å². The largest absolute Gasteiger partial charge is 0.399 e. The fourth-order valence-electron chi connectivity index (χ4n) is 2.30. The van der Waals surface area contributed by atoms with Crippen LogP contribution in [0.3, 0.4) is 0 Å². The minimum atomic E-state index is -3.34. The van der Waals surface area contributed by atoms with Crippen LogP contribution in [0.5, 0.6) is 0 Å². The number of nitrogens with zero attached hydrogens (tertiary/aromatic N) is 1. The van der Waals surface area contributed by atoms with Crippen LogP contribution < -0.4 is 5.73 Å². The number of anilines is 1. The Balaban J connectivity index is 1.81. The van der Waals surface area contributed by atoms with E-state index in [2.05, 4.69) is 4.98 Å². The van der Waals surface area contributed by atoms with Gasteiger partial charge in [-0.1, -0.05) is 0 Å². The fraction of sp³-hybridized carbons (Fsp3) is 0.462. The standard InChI is InChI=1S/C13H16N2O3S2/c14-9-3-4-11-12(8-9)19-13(15-11)20(16,17)7-5-10-2-1-6-18-10/h3-4,8,10H,1-2,5-7,14H2. The van der Waals surface area contributed by atoms with Crippen LogP contribution in [0.1, 0.15) is 19.3 Å². The lowest BCUT2D eigenvalue weighted by Crippen LogP contribution is -2.14. The van der Waals surface area contributed by atoms with Crippen LogP contribution in [0, 0.1) is 0 Å². The molecule has 1 aromatic heterocycles. The van der Waals surface area contributed by atoms with Gasteiger partial charge >= 0.3 is 0 Å². The lowest BCUT2D eigenvalue weighted by atomic mass is 10.2. The van der Waals surface area contributed by atoms with Gasteiger partial charge in [0.25, 0.3) is 0 Å². The summed E-state index contributed by atoms with van der Waals surface area (Å²) in [5.74, 6) is 0.0902. The van der Waals surface area contributed by atoms with Crippen molar-refractivity contribution >= 4 is 37.1 Å². The van der Waals surface area contributed by atoms with E-state index in [0.717, 1.165) is 24.1 Å². The second-order valence-corrected chi connectivity index (χ2v) is 8.26. The van der Waals surface area contributed by atoms with E-state index in [-0.39, 0.29) is 16.2 Å². The summed E-state index contributed by atoms with van der Waals surface area (Å²) in [7, 11) is -3.34. The maximum absolute atomic E-state index is 12.3. The van der Waals surface area contributed by atoms with Crippen molar-refractivity contribution in [1.29, 1.82) is 0 Å². The molecule has 1 saturated heterocycles. The Morgan fingerprint density at radius 2 is 2.30 bits per heavy atom. The van der Waals surface area contributed by atoms with Crippen molar-refractivity contribution in [3.8, 4) is 0 Å². The number of nitrogen functional groups attached to an aromatic ring is 1. The van der Waals surface area contributed by atoms with E-state index in [1.54, 1.807) is 18.2 Å². The summed E-state index contributed by atoms with van der Waals surface area (Å²) in [4.78, 5) is 4.20. The molecule has 0 radical (unpaired) electrons. The molecule has 1 atom stereocenters. The van der Waals surface area contributed by atoms with E-state index in [9.17, 15) is 8.42 Å². The molecule has 1 aromatic carbocycles. The molecule has 2 N–H and O–H groups in total. The van der Waals surface area contributed by atoms with Crippen molar-refractivity contribution in [2.75, 3.05) is 18.1 Å². The molecule has 0 amide bonds. The third-order valence-electron chi connectivity index (χ3n) is 3.39. The fourth-order valence-corrected chi connectivity index (χ4v) is 5.06. The molecule has 1 aliphatic rings. The molecule has 108 valence electrons. The zero-order valence-electron chi connectivity index (χ0n) is 10.9. The first-order chi connectivity index (χ1) is 9.54. The zero-order chi connectivity index (χ0) is 14.2. The van der Waals surface area contributed by atoms with Crippen LogP contribution in [0.2, 0.25) is 0 Å². The summed E-state index contributed by atoms with van der Waals surface area (Å²) < 4.78 is 31.1. The molecule has 0 aliphatic carbocycles. The SMILES string of the molecule is Nc1ccc2nc(S(=O)(=O)CCC3CCCO3)sc2c1. The van der Waals surface area contributed by atoms with Gasteiger partial charge in [-0.2, -0.15) is 0 Å². The molecule has 2 heterocycles. The molecule has 0 spiro atoms. The maximum atomic E-state index is 12.3. The monoisotopic (exact) mass is 312 g/mol. The van der Waals surface area contributed by atoms with Gasteiger partial charge in [0.1, 0.15) is 0 Å². The van der Waals surface area contributed by atoms with Gasteiger partial charge in [-0.25, -0.2) is 13.4 Å². The quantitative estimate of drug-likeness (QED) is 0.875. The highest BCUT2D eigenvalue weighted by molar-refractivity contribution is 7.93. The van der Waals surface area contributed by atoms with Crippen LogP contribution in [0.4, 0.5) is 5.69 Å². The molecule has 1 unspecified atom stereocenters. The average molecular weight is 312 g/mol. The molecule has 20 heavy (non-hydrogen) atoms. The number of fused-ring (bicyclic) bond motifs is 1. The summed E-state index contributed by atoms with van der Waals surface area (Å²) >= 11 is 1.18. The summed E-state index contributed by atoms with van der Waals surface area (Å²) in [6.45, 7) is 0.741. The van der Waals surface area contributed by atoms with Gasteiger partial charge in [0.05, 0.1) is 22.1 Å². The van der Waals surface area contributed by atoms with Gasteiger partial charge in [0.2, 0.25) is 14.2 Å².